The van der Waals surface area contributed by atoms with Crippen LogP contribution < -0.4 is 10.2 Å². The van der Waals surface area contributed by atoms with E-state index in [2.05, 4.69) is 42.4 Å². The maximum Gasteiger partial charge on any atom is 0.416 e. The fourth-order valence-corrected chi connectivity index (χ4v) is 3.30. The number of halogens is 5. The number of carbonyl (C=O) groups excluding carboxylic acids is 1. The predicted octanol–water partition coefficient (Wildman–Crippen LogP) is 6.57. The Labute approximate surface area is 193 Å². The topological polar surface area (TPSA) is 50.7 Å². The summed E-state index contributed by atoms with van der Waals surface area (Å²) in [5.41, 5.74) is 2.86. The van der Waals surface area contributed by atoms with Gasteiger partial charge < -0.3 is 4.74 Å². The van der Waals surface area contributed by atoms with Crippen LogP contribution in [0.25, 0.3) is 0 Å². The van der Waals surface area contributed by atoms with Crippen molar-refractivity contribution in [3.05, 3.63) is 97.9 Å². The molecule has 9 heteroatoms. The molecule has 0 aliphatic heterocycles. The maximum absolute atomic E-state index is 12.8. The summed E-state index contributed by atoms with van der Waals surface area (Å²) in [5.74, 6) is -0.107. The molecule has 0 bridgehead atoms. The lowest BCUT2D eigenvalue weighted by molar-refractivity contribution is -0.137. The van der Waals surface area contributed by atoms with Gasteiger partial charge in [-0.1, -0.05) is 34.1 Å². The molecule has 0 saturated carbocycles. The Bertz CT molecular complexity index is 1100. The third-order valence-corrected chi connectivity index (χ3v) is 5.24. The maximum atomic E-state index is 12.8. The fourth-order valence-electron chi connectivity index (χ4n) is 2.52. The Morgan fingerprint density at radius 2 is 1.77 bits per heavy atom. The minimum absolute atomic E-state index is 0.134. The highest BCUT2D eigenvalue weighted by Gasteiger charge is 2.30. The lowest BCUT2D eigenvalue weighted by atomic mass is 10.1. The van der Waals surface area contributed by atoms with Crippen LogP contribution in [0.1, 0.15) is 27.0 Å². The molecule has 0 atom stereocenters. The van der Waals surface area contributed by atoms with Gasteiger partial charge in [0.25, 0.3) is 5.91 Å². The summed E-state index contributed by atoms with van der Waals surface area (Å²) in [7, 11) is 0. The van der Waals surface area contributed by atoms with Gasteiger partial charge in [0.1, 0.15) is 12.4 Å². The van der Waals surface area contributed by atoms with Gasteiger partial charge in [-0.25, -0.2) is 5.43 Å². The monoisotopic (exact) mass is 554 g/mol. The number of carbonyl (C=O) groups is 1. The summed E-state index contributed by atoms with van der Waals surface area (Å²) in [4.78, 5) is 12.1. The molecule has 4 nitrogen and oxygen atoms in total. The lowest BCUT2D eigenvalue weighted by Gasteiger charge is -2.09. The van der Waals surface area contributed by atoms with Crippen LogP contribution >= 0.6 is 31.9 Å². The van der Waals surface area contributed by atoms with Crippen molar-refractivity contribution in [1.29, 1.82) is 0 Å². The minimum atomic E-state index is -4.52. The summed E-state index contributed by atoms with van der Waals surface area (Å²) in [5, 5.41) is 3.81. The summed E-state index contributed by atoms with van der Waals surface area (Å²) in [6.07, 6.45) is -3.14. The van der Waals surface area contributed by atoms with Gasteiger partial charge in [0.15, 0.2) is 0 Å². The second-order valence-corrected chi connectivity index (χ2v) is 8.15. The first-order valence-corrected chi connectivity index (χ1v) is 10.5. The number of hydrogen-bond donors (Lipinski definition) is 1. The van der Waals surface area contributed by atoms with E-state index in [1.54, 1.807) is 18.2 Å². The number of nitrogens with one attached hydrogen (secondary N) is 1. The van der Waals surface area contributed by atoms with E-state index in [1.165, 1.54) is 18.3 Å². The highest BCUT2D eigenvalue weighted by atomic mass is 79.9. The van der Waals surface area contributed by atoms with Crippen LogP contribution in [-0.2, 0) is 12.8 Å². The average Bonchev–Trinajstić information content (AvgIpc) is 2.74. The number of amides is 1. The van der Waals surface area contributed by atoms with E-state index in [0.717, 1.165) is 22.2 Å². The van der Waals surface area contributed by atoms with Crippen LogP contribution in [0, 0.1) is 0 Å². The Morgan fingerprint density at radius 3 is 2.45 bits per heavy atom. The Kier molecular flexibility index (Phi) is 7.50. The second kappa shape index (κ2) is 10.1. The molecule has 0 heterocycles. The lowest BCUT2D eigenvalue weighted by Crippen LogP contribution is -2.18. The van der Waals surface area contributed by atoms with Gasteiger partial charge in [-0.2, -0.15) is 18.3 Å². The molecule has 0 saturated heterocycles. The molecule has 0 unspecified atom stereocenters. The molecule has 0 aliphatic carbocycles. The van der Waals surface area contributed by atoms with Crippen molar-refractivity contribution in [2.75, 3.05) is 0 Å². The van der Waals surface area contributed by atoms with Crippen molar-refractivity contribution in [1.82, 2.24) is 5.43 Å². The van der Waals surface area contributed by atoms with Gasteiger partial charge in [-0.3, -0.25) is 4.79 Å². The summed E-state index contributed by atoms with van der Waals surface area (Å²) in [6, 6.07) is 17.1. The van der Waals surface area contributed by atoms with Gasteiger partial charge in [0.2, 0.25) is 0 Å². The second-order valence-electron chi connectivity index (χ2n) is 6.38. The predicted molar refractivity (Wildman–Crippen MR) is 119 cm³/mol. The summed E-state index contributed by atoms with van der Waals surface area (Å²) >= 11 is 6.81. The van der Waals surface area contributed by atoms with E-state index in [1.807, 2.05) is 24.3 Å². The third-order valence-electron chi connectivity index (χ3n) is 4.10. The van der Waals surface area contributed by atoms with Gasteiger partial charge in [-0.15, -0.1) is 0 Å². The number of rotatable bonds is 6. The number of nitrogens with zero attached hydrogens (tertiary/aromatic N) is 1. The van der Waals surface area contributed by atoms with Crippen LogP contribution in [0.15, 0.2) is 80.8 Å². The molecule has 0 spiro atoms. The minimum Gasteiger partial charge on any atom is -0.488 e. The molecule has 1 N–H and O–H groups in total. The Morgan fingerprint density at radius 1 is 1.03 bits per heavy atom. The molecular formula is C22H15Br2F3N2O2. The molecule has 0 aromatic heterocycles. The van der Waals surface area contributed by atoms with Crippen LogP contribution in [-0.4, -0.2) is 12.1 Å². The molecular weight excluding hydrogens is 541 g/mol. The van der Waals surface area contributed by atoms with Crippen LogP contribution in [0.2, 0.25) is 0 Å². The Balaban J connectivity index is 1.59. The molecule has 160 valence electrons. The van der Waals surface area contributed by atoms with Gasteiger partial charge in [0.05, 0.1) is 16.3 Å². The SMILES string of the molecule is O=C(N/N=C\c1ccc(OCc2ccc(Br)cc2)c(Br)c1)c1cccc(C(F)(F)F)c1. The van der Waals surface area contributed by atoms with Crippen LogP contribution in [0.5, 0.6) is 5.75 Å². The number of benzene rings is 3. The van der Waals surface area contributed by atoms with Gasteiger partial charge in [0, 0.05) is 10.0 Å². The first-order valence-electron chi connectivity index (χ1n) is 8.90. The first-order chi connectivity index (χ1) is 14.7. The zero-order chi connectivity index (χ0) is 22.4. The molecule has 1 amide bonds. The van der Waals surface area contributed by atoms with E-state index in [-0.39, 0.29) is 5.56 Å². The number of hydrazone groups is 1. The molecule has 0 aliphatic rings. The number of hydrogen-bond acceptors (Lipinski definition) is 3. The zero-order valence-electron chi connectivity index (χ0n) is 15.8. The summed E-state index contributed by atoms with van der Waals surface area (Å²) < 4.78 is 45.8. The van der Waals surface area contributed by atoms with E-state index < -0.39 is 17.6 Å². The van der Waals surface area contributed by atoms with Crippen molar-refractivity contribution < 1.29 is 22.7 Å². The van der Waals surface area contributed by atoms with Crippen LogP contribution in [0.3, 0.4) is 0 Å². The quantitative estimate of drug-likeness (QED) is 0.276. The average molecular weight is 556 g/mol. The molecule has 3 aromatic carbocycles. The van der Waals surface area contributed by atoms with E-state index in [4.69, 9.17) is 4.74 Å². The fraction of sp³-hybridized carbons (Fsp3) is 0.0909. The van der Waals surface area contributed by atoms with Gasteiger partial charge >= 0.3 is 6.18 Å². The molecule has 0 radical (unpaired) electrons. The van der Waals surface area contributed by atoms with Crippen molar-refractivity contribution in [2.24, 2.45) is 5.10 Å². The van der Waals surface area contributed by atoms with Gasteiger partial charge in [-0.05, 0) is 75.6 Å². The van der Waals surface area contributed by atoms with Crippen molar-refractivity contribution in [2.45, 2.75) is 12.8 Å². The zero-order valence-corrected chi connectivity index (χ0v) is 19.0. The van der Waals surface area contributed by atoms with Crippen LogP contribution in [0.4, 0.5) is 13.2 Å². The largest absolute Gasteiger partial charge is 0.488 e. The van der Waals surface area contributed by atoms with E-state index >= 15 is 0 Å². The van der Waals surface area contributed by atoms with Crippen molar-refractivity contribution in [3.63, 3.8) is 0 Å². The normalized spacial score (nSPS) is 11.5. The number of ether oxygens (including phenoxy) is 1. The molecule has 3 aromatic rings. The highest BCUT2D eigenvalue weighted by molar-refractivity contribution is 9.10. The third kappa shape index (κ3) is 6.67. The molecule has 3 rings (SSSR count). The standard InChI is InChI=1S/C22H15Br2F3N2O2/c23-18-7-4-14(5-8-18)13-31-20-9-6-15(10-19(20)24)12-28-29-21(30)16-2-1-3-17(11-16)22(25,26)27/h1-12H,13H2,(H,29,30)/b28-12-. The summed E-state index contributed by atoms with van der Waals surface area (Å²) in [6.45, 7) is 0.395. The highest BCUT2D eigenvalue weighted by Crippen LogP contribution is 2.29. The molecule has 0 fully saturated rings. The smallest absolute Gasteiger partial charge is 0.416 e. The van der Waals surface area contributed by atoms with Crippen molar-refractivity contribution in [3.8, 4) is 5.75 Å². The molecule has 31 heavy (non-hydrogen) atoms. The first kappa shape index (κ1) is 23.0. The van der Waals surface area contributed by atoms with E-state index in [9.17, 15) is 18.0 Å². The van der Waals surface area contributed by atoms with Crippen molar-refractivity contribution >= 4 is 44.0 Å². The Hall–Kier alpha value is -2.65. The van der Waals surface area contributed by atoms with E-state index in [0.29, 0.717) is 22.4 Å². The number of alkyl halides is 3.